The summed E-state index contributed by atoms with van der Waals surface area (Å²) < 4.78 is 5.06. The van der Waals surface area contributed by atoms with E-state index in [0.717, 1.165) is 64.4 Å². The molecule has 25 heavy (non-hydrogen) atoms. The lowest BCUT2D eigenvalue weighted by atomic mass is 10.3. The number of hydrogen-bond acceptors (Lipinski definition) is 4. The molecule has 0 unspecified atom stereocenters. The zero-order valence-electron chi connectivity index (χ0n) is 16.0. The van der Waals surface area contributed by atoms with Gasteiger partial charge in [0.1, 0.15) is 0 Å². The van der Waals surface area contributed by atoms with Gasteiger partial charge in [0, 0.05) is 58.9 Å². The van der Waals surface area contributed by atoms with Crippen LogP contribution in [0.2, 0.25) is 0 Å². The lowest BCUT2D eigenvalue weighted by Gasteiger charge is -2.18. The summed E-state index contributed by atoms with van der Waals surface area (Å²) in [6.45, 7) is 7.18. The van der Waals surface area contributed by atoms with Crippen molar-refractivity contribution in [3.05, 3.63) is 0 Å². The van der Waals surface area contributed by atoms with Crippen LogP contribution in [0, 0.1) is 0 Å². The molecule has 0 spiro atoms. The topological polar surface area (TPSA) is 78.0 Å². The third kappa shape index (κ3) is 14.3. The number of carbonyl (C=O) groups excluding carboxylic acids is 1. The van der Waals surface area contributed by atoms with Crippen LogP contribution in [0.15, 0.2) is 4.99 Å². The molecule has 148 valence electrons. The zero-order chi connectivity index (χ0) is 17.6. The van der Waals surface area contributed by atoms with Gasteiger partial charge >= 0.3 is 0 Å². The van der Waals surface area contributed by atoms with Gasteiger partial charge in [-0.15, -0.1) is 24.0 Å². The van der Waals surface area contributed by atoms with Crippen molar-refractivity contribution < 1.29 is 9.53 Å². The van der Waals surface area contributed by atoms with Crippen molar-refractivity contribution in [2.24, 2.45) is 4.99 Å². The second kappa shape index (κ2) is 15.6. The number of ether oxygens (including phenoxy) is 1. The molecule has 1 saturated carbocycles. The molecular formula is C17H36IN5O2. The third-order valence-corrected chi connectivity index (χ3v) is 3.79. The van der Waals surface area contributed by atoms with Crippen LogP contribution < -0.4 is 16.0 Å². The highest BCUT2D eigenvalue weighted by Crippen LogP contribution is 2.18. The average molecular weight is 469 g/mol. The molecule has 0 heterocycles. The highest BCUT2D eigenvalue weighted by atomic mass is 127. The quantitative estimate of drug-likeness (QED) is 0.164. The lowest BCUT2D eigenvalue weighted by Crippen LogP contribution is -2.41. The van der Waals surface area contributed by atoms with Gasteiger partial charge in [0.2, 0.25) is 5.91 Å². The Morgan fingerprint density at radius 3 is 2.64 bits per heavy atom. The van der Waals surface area contributed by atoms with E-state index in [0.29, 0.717) is 19.0 Å². The molecule has 0 aliphatic heterocycles. The van der Waals surface area contributed by atoms with Crippen LogP contribution >= 0.6 is 24.0 Å². The number of likely N-dealkylation sites (N-methyl/N-ethyl adjacent to an activating group) is 1. The summed E-state index contributed by atoms with van der Waals surface area (Å²) in [6, 6.07) is 0.445. The number of nitrogens with zero attached hydrogens (tertiary/aromatic N) is 2. The maximum Gasteiger partial charge on any atom is 0.220 e. The molecule has 0 saturated heterocycles. The van der Waals surface area contributed by atoms with Crippen LogP contribution in [0.4, 0.5) is 0 Å². The second-order valence-electron chi connectivity index (χ2n) is 6.28. The molecule has 0 bridgehead atoms. The van der Waals surface area contributed by atoms with Crippen LogP contribution in [-0.2, 0) is 9.53 Å². The van der Waals surface area contributed by atoms with E-state index in [1.807, 2.05) is 0 Å². The second-order valence-corrected chi connectivity index (χ2v) is 6.28. The molecule has 1 aliphatic rings. The van der Waals surface area contributed by atoms with Crippen molar-refractivity contribution in [2.45, 2.75) is 45.1 Å². The van der Waals surface area contributed by atoms with E-state index >= 15 is 0 Å². The van der Waals surface area contributed by atoms with E-state index in [1.165, 1.54) is 0 Å². The summed E-state index contributed by atoms with van der Waals surface area (Å²) in [5.41, 5.74) is 0. The van der Waals surface area contributed by atoms with E-state index in [1.54, 1.807) is 7.11 Å². The normalized spacial score (nSPS) is 14.2. The molecule has 1 rings (SSSR count). The van der Waals surface area contributed by atoms with Crippen molar-refractivity contribution in [3.63, 3.8) is 0 Å². The molecule has 1 aliphatic carbocycles. The molecule has 1 amide bonds. The van der Waals surface area contributed by atoms with E-state index in [2.05, 4.69) is 39.8 Å². The van der Waals surface area contributed by atoms with Gasteiger partial charge in [-0.05, 0) is 39.7 Å². The molecule has 1 fully saturated rings. The van der Waals surface area contributed by atoms with Crippen LogP contribution in [-0.4, -0.2) is 76.3 Å². The minimum Gasteiger partial charge on any atom is -0.385 e. The van der Waals surface area contributed by atoms with E-state index in [9.17, 15) is 4.79 Å². The summed E-state index contributed by atoms with van der Waals surface area (Å²) in [4.78, 5) is 18.4. The Morgan fingerprint density at radius 2 is 2.00 bits per heavy atom. The van der Waals surface area contributed by atoms with Crippen molar-refractivity contribution in [1.82, 2.24) is 20.9 Å². The molecular weight excluding hydrogens is 433 g/mol. The van der Waals surface area contributed by atoms with Gasteiger partial charge < -0.3 is 25.6 Å². The van der Waals surface area contributed by atoms with E-state index < -0.39 is 0 Å². The number of hydrogen-bond donors (Lipinski definition) is 3. The smallest absolute Gasteiger partial charge is 0.220 e. The number of amides is 1. The Morgan fingerprint density at radius 1 is 1.24 bits per heavy atom. The fourth-order valence-electron chi connectivity index (χ4n) is 2.26. The van der Waals surface area contributed by atoms with Crippen LogP contribution in [0.1, 0.15) is 39.0 Å². The van der Waals surface area contributed by atoms with Gasteiger partial charge in [-0.1, -0.05) is 0 Å². The van der Waals surface area contributed by atoms with Gasteiger partial charge in [-0.3, -0.25) is 9.79 Å². The molecule has 0 radical (unpaired) electrons. The largest absolute Gasteiger partial charge is 0.385 e. The maximum absolute atomic E-state index is 11.6. The first-order valence-corrected chi connectivity index (χ1v) is 9.14. The number of methoxy groups -OCH3 is 1. The number of carbonyl (C=O) groups is 1. The lowest BCUT2D eigenvalue weighted by molar-refractivity contribution is -0.121. The first-order chi connectivity index (χ1) is 11.7. The zero-order valence-corrected chi connectivity index (χ0v) is 18.3. The summed E-state index contributed by atoms with van der Waals surface area (Å²) in [5.74, 6) is 0.980. The molecule has 0 aromatic rings. The molecule has 3 N–H and O–H groups in total. The maximum atomic E-state index is 11.6. The molecule has 0 aromatic heterocycles. The highest BCUT2D eigenvalue weighted by Gasteiger charge is 2.22. The number of nitrogens with one attached hydrogen (secondary N) is 3. The Bertz CT molecular complexity index is 378. The number of halogens is 1. The summed E-state index contributed by atoms with van der Waals surface area (Å²) in [6.07, 6.45) is 4.66. The predicted octanol–water partition coefficient (Wildman–Crippen LogP) is 1.19. The van der Waals surface area contributed by atoms with Crippen LogP contribution in [0.5, 0.6) is 0 Å². The fourth-order valence-corrected chi connectivity index (χ4v) is 2.26. The third-order valence-electron chi connectivity index (χ3n) is 3.79. The van der Waals surface area contributed by atoms with Crippen molar-refractivity contribution >= 4 is 35.8 Å². The standard InChI is InChI=1S/C17H35N5O2.HI/c1-4-18-17(20-11-13-22(2)12-6-14-24-3)19-10-5-7-16(23)21-15-8-9-15;/h15H,4-14H2,1-3H3,(H,21,23)(H2,18,19,20);1H. The molecule has 0 atom stereocenters. The summed E-state index contributed by atoms with van der Waals surface area (Å²) in [5, 5.41) is 9.58. The Kier molecular flexibility index (Phi) is 15.2. The SMILES string of the molecule is CCNC(=NCCCC(=O)NC1CC1)NCCN(C)CCCOC.I. The number of guanidine groups is 1. The van der Waals surface area contributed by atoms with Crippen molar-refractivity contribution in [2.75, 3.05) is 53.5 Å². The molecule has 0 aromatic carbocycles. The van der Waals surface area contributed by atoms with E-state index in [4.69, 9.17) is 4.74 Å². The number of rotatable bonds is 13. The summed E-state index contributed by atoms with van der Waals surface area (Å²) in [7, 11) is 3.84. The first-order valence-electron chi connectivity index (χ1n) is 9.14. The van der Waals surface area contributed by atoms with E-state index in [-0.39, 0.29) is 29.9 Å². The minimum absolute atomic E-state index is 0. The number of aliphatic imine (C=N–C) groups is 1. The van der Waals surface area contributed by atoms with Gasteiger partial charge in [0.15, 0.2) is 5.96 Å². The molecule has 8 heteroatoms. The highest BCUT2D eigenvalue weighted by molar-refractivity contribution is 14.0. The van der Waals surface area contributed by atoms with Gasteiger partial charge in [-0.25, -0.2) is 0 Å². The van der Waals surface area contributed by atoms with Crippen LogP contribution in [0.25, 0.3) is 0 Å². The molecule has 7 nitrogen and oxygen atoms in total. The first kappa shape index (κ1) is 24.4. The van der Waals surface area contributed by atoms with Gasteiger partial charge in [-0.2, -0.15) is 0 Å². The Hall–Kier alpha value is -0.610. The predicted molar refractivity (Wildman–Crippen MR) is 114 cm³/mol. The average Bonchev–Trinajstić information content (AvgIpc) is 3.35. The van der Waals surface area contributed by atoms with Gasteiger partial charge in [0.25, 0.3) is 0 Å². The van der Waals surface area contributed by atoms with Crippen molar-refractivity contribution in [1.29, 1.82) is 0 Å². The van der Waals surface area contributed by atoms with Crippen molar-refractivity contribution in [3.8, 4) is 0 Å². The Labute approximate surface area is 169 Å². The minimum atomic E-state index is 0. The fraction of sp³-hybridized carbons (Fsp3) is 0.882. The van der Waals surface area contributed by atoms with Gasteiger partial charge in [0.05, 0.1) is 0 Å². The Balaban J connectivity index is 0.00000576. The summed E-state index contributed by atoms with van der Waals surface area (Å²) >= 11 is 0. The monoisotopic (exact) mass is 469 g/mol. The van der Waals surface area contributed by atoms with Crippen LogP contribution in [0.3, 0.4) is 0 Å².